The minimum atomic E-state index is -2.73. The molecule has 0 amide bonds. The van der Waals surface area contributed by atoms with Gasteiger partial charge in [0, 0.05) is 21.7 Å². The third-order valence-corrected chi connectivity index (χ3v) is 17.4. The third-order valence-electron chi connectivity index (χ3n) is 15.6. The molecule has 55 heavy (non-hydrogen) atoms. The van der Waals surface area contributed by atoms with E-state index >= 15 is 0 Å². The van der Waals surface area contributed by atoms with Crippen molar-refractivity contribution in [1.82, 2.24) is 0 Å². The van der Waals surface area contributed by atoms with Crippen LogP contribution in [0.2, 0.25) is 0 Å². The van der Waals surface area contributed by atoms with Gasteiger partial charge in [-0.2, -0.15) is 0 Å². The number of aliphatic hydroxyl groups is 6. The van der Waals surface area contributed by atoms with Gasteiger partial charge in [-0.1, -0.05) is 135 Å². The molecule has 6 aliphatic carbocycles. The SMILES string of the molecule is CCCCCCCCCCCCCC[C@@H](O)[C@@H](O)[C@H](COC1OC(CO)C(O)C(O)C1O)N=S(C)(=O)CCCCCCCCCCCC12C3C4C5C3C1C5C42. The summed E-state index contributed by atoms with van der Waals surface area (Å²) in [6.07, 6.45) is 18.8. The lowest BCUT2D eigenvalue weighted by molar-refractivity contribution is -0.616. The average Bonchev–Trinajstić information content (AvgIpc) is 3.18. The normalized spacial score (nSPS) is 38.7. The van der Waals surface area contributed by atoms with Gasteiger partial charge in [-0.3, -0.25) is 4.21 Å². The lowest BCUT2D eigenvalue weighted by Crippen LogP contribution is -3.05. The molecule has 1 aliphatic heterocycles. The van der Waals surface area contributed by atoms with Crippen LogP contribution in [0.1, 0.15) is 155 Å². The van der Waals surface area contributed by atoms with Gasteiger partial charge in [-0.15, -0.1) is 0 Å². The summed E-state index contributed by atoms with van der Waals surface area (Å²) in [6.45, 7) is 1.32. The Hall–Kier alpha value is -0.370. The van der Waals surface area contributed by atoms with Crippen LogP contribution >= 0.6 is 0 Å². The summed E-state index contributed by atoms with van der Waals surface area (Å²) in [5.74, 6) is 8.75. The van der Waals surface area contributed by atoms with Crippen molar-refractivity contribution in [2.24, 2.45) is 51.2 Å². The van der Waals surface area contributed by atoms with Gasteiger partial charge in [-0.05, 0) is 66.1 Å². The zero-order chi connectivity index (χ0) is 39.2. The number of unbranched alkanes of at least 4 members (excludes halogenated alkanes) is 19. The standard InChI is InChI=1S/C44H79NO9S/c1-3-4-5-6-7-8-9-10-12-15-18-21-24-30(47)39(48)29(28-53-43-42(51)41(50)40(49)31(27-46)54-43)45-55(2,52)26-23-20-17-14-11-13-16-19-22-25-44-36-33-32-34(36)38(44)35(32)37(33)44/h29-43,46-51H,3-28H2,1-2H3/t29-,30+,31?,32?,33?,34?,35?,36?,37?,38?,39-,40?,41?,42?,43?,44?,55?/m0/s1. The number of ether oxygens (including phenoxy) is 2. The van der Waals surface area contributed by atoms with E-state index in [-0.39, 0.29) is 6.61 Å². The van der Waals surface area contributed by atoms with Gasteiger partial charge < -0.3 is 40.1 Å². The second-order valence-electron chi connectivity index (χ2n) is 19.0. The average molecular weight is 798 g/mol. The van der Waals surface area contributed by atoms with Crippen molar-refractivity contribution in [3.63, 3.8) is 0 Å². The van der Waals surface area contributed by atoms with Crippen LogP contribution in [0.3, 0.4) is 0 Å². The molecule has 1 heterocycles. The van der Waals surface area contributed by atoms with E-state index in [1.165, 1.54) is 144 Å². The summed E-state index contributed by atoms with van der Waals surface area (Å²) in [6, 6.07) is -1.06. The van der Waals surface area contributed by atoms with Gasteiger partial charge in [0.05, 0.1) is 19.3 Å². The van der Waals surface area contributed by atoms with E-state index in [1.54, 1.807) is 6.26 Å². The van der Waals surface area contributed by atoms with Crippen LogP contribution in [0, 0.1) is 46.8 Å². The van der Waals surface area contributed by atoms with Crippen molar-refractivity contribution in [1.29, 1.82) is 0 Å². The highest BCUT2D eigenvalue weighted by molar-refractivity contribution is 7.92. The molecular weight excluding hydrogens is 719 g/mol. The van der Waals surface area contributed by atoms with Crippen LogP contribution < -0.4 is 0 Å². The van der Waals surface area contributed by atoms with E-state index in [0.29, 0.717) is 12.2 Å². The Morgan fingerprint density at radius 2 is 1.16 bits per heavy atom. The molecule has 0 aromatic carbocycles. The Morgan fingerprint density at radius 3 is 1.69 bits per heavy atom. The van der Waals surface area contributed by atoms with Crippen LogP contribution in [0.4, 0.5) is 0 Å². The Morgan fingerprint density at radius 1 is 0.673 bits per heavy atom. The molecule has 0 radical (unpaired) electrons. The summed E-state index contributed by atoms with van der Waals surface area (Å²) < 4.78 is 29.5. The smallest absolute Gasteiger partial charge is 0.186 e. The van der Waals surface area contributed by atoms with Crippen LogP contribution in [0.5, 0.6) is 0 Å². The number of aliphatic hydroxyl groups excluding tert-OH is 6. The maximum atomic E-state index is 13.7. The minimum Gasteiger partial charge on any atom is -0.394 e. The van der Waals surface area contributed by atoms with E-state index in [1.807, 2.05) is 0 Å². The first-order chi connectivity index (χ1) is 26.6. The maximum Gasteiger partial charge on any atom is 0.186 e. The van der Waals surface area contributed by atoms with Gasteiger partial charge in [0.1, 0.15) is 36.6 Å². The number of hydrogen-bond acceptors (Lipinski definition) is 10. The van der Waals surface area contributed by atoms with Crippen LogP contribution in [0.25, 0.3) is 0 Å². The van der Waals surface area contributed by atoms with E-state index in [4.69, 9.17) is 9.47 Å². The van der Waals surface area contributed by atoms with Gasteiger partial charge in [-0.25, -0.2) is 4.36 Å². The second-order valence-corrected chi connectivity index (χ2v) is 21.6. The largest absolute Gasteiger partial charge is 0.394 e. The first-order valence-corrected chi connectivity index (χ1v) is 25.2. The fourth-order valence-corrected chi connectivity index (χ4v) is 14.4. The highest BCUT2D eigenvalue weighted by Gasteiger charge is 3.03. The topological polar surface area (TPSA) is 169 Å². The zero-order valence-corrected chi connectivity index (χ0v) is 35.1. The van der Waals surface area contributed by atoms with Gasteiger partial charge in [0.2, 0.25) is 0 Å². The lowest BCUT2D eigenvalue weighted by Gasteiger charge is -3.08. The van der Waals surface area contributed by atoms with Crippen LogP contribution in [0.15, 0.2) is 4.36 Å². The molecule has 7 rings (SSSR count). The molecule has 1 saturated heterocycles. The molecule has 0 aromatic rings. The highest BCUT2D eigenvalue weighted by atomic mass is 32.2. The summed E-state index contributed by atoms with van der Waals surface area (Å²) in [4.78, 5) is 0. The van der Waals surface area contributed by atoms with E-state index in [9.17, 15) is 34.8 Å². The predicted octanol–water partition coefficient (Wildman–Crippen LogP) is 6.35. The molecule has 320 valence electrons. The van der Waals surface area contributed by atoms with Crippen molar-refractivity contribution in [3.8, 4) is 0 Å². The van der Waals surface area contributed by atoms with Crippen LogP contribution in [-0.2, 0) is 19.2 Å². The highest BCUT2D eigenvalue weighted by Crippen LogP contribution is 3.06. The molecule has 11 heteroatoms. The third kappa shape index (κ3) is 9.35. The molecule has 0 aromatic heterocycles. The molecule has 0 spiro atoms. The molecule has 0 bridgehead atoms. The number of rotatable bonds is 32. The fourth-order valence-electron chi connectivity index (χ4n) is 12.8. The van der Waals surface area contributed by atoms with Crippen molar-refractivity contribution < 1.29 is 44.3 Å². The monoisotopic (exact) mass is 798 g/mol. The summed E-state index contributed by atoms with van der Waals surface area (Å²) in [7, 11) is -2.73. The zero-order valence-electron chi connectivity index (χ0n) is 34.3. The number of hydrogen-bond donors (Lipinski definition) is 6. The molecule has 9 atom stereocenters. The van der Waals surface area contributed by atoms with Crippen LogP contribution in [-0.4, -0.2) is 109 Å². The van der Waals surface area contributed by atoms with E-state index in [2.05, 4.69) is 11.3 Å². The first kappa shape index (κ1) is 44.2. The Labute approximate surface area is 333 Å². The first-order valence-electron chi connectivity index (χ1n) is 23.1. The van der Waals surface area contributed by atoms with Gasteiger partial charge in [0.15, 0.2) is 6.29 Å². The van der Waals surface area contributed by atoms with E-state index < -0.39 is 65.3 Å². The van der Waals surface area contributed by atoms with Gasteiger partial charge >= 0.3 is 0 Å². The summed E-state index contributed by atoms with van der Waals surface area (Å²) in [5, 5.41) is 62.7. The lowest BCUT2D eigenvalue weighted by atomic mass is 8.96. The minimum absolute atomic E-state index is 0.324. The summed E-state index contributed by atoms with van der Waals surface area (Å²) >= 11 is 0. The van der Waals surface area contributed by atoms with Gasteiger partial charge in [0.25, 0.3) is 0 Å². The molecule has 7 fully saturated rings. The molecule has 6 saturated carbocycles. The Bertz CT molecular complexity index is 1240. The van der Waals surface area contributed by atoms with Crippen molar-refractivity contribution in [2.75, 3.05) is 25.2 Å². The van der Waals surface area contributed by atoms with Crippen molar-refractivity contribution >= 4 is 9.73 Å². The molecule has 6 unspecified atom stereocenters. The molecule has 7 aliphatic rings. The molecule has 6 N–H and O–H groups in total. The van der Waals surface area contributed by atoms with E-state index in [0.717, 1.165) is 43.9 Å². The molecular formula is C44H79NO9S. The van der Waals surface area contributed by atoms with Crippen molar-refractivity contribution in [3.05, 3.63) is 0 Å². The molecule has 10 nitrogen and oxygen atoms in total. The number of nitrogens with zero attached hydrogens (tertiary/aromatic N) is 1. The summed E-state index contributed by atoms with van der Waals surface area (Å²) in [5.41, 5.74) is 0.875. The quantitative estimate of drug-likeness (QED) is 0.0425. The maximum absolute atomic E-state index is 13.7. The Balaban J connectivity index is 0.862. The fraction of sp³-hybridized carbons (Fsp3) is 1.00. The second kappa shape index (κ2) is 20.3. The Kier molecular flexibility index (Phi) is 16.3. The van der Waals surface area contributed by atoms with Crippen molar-refractivity contribution in [2.45, 2.75) is 204 Å². The predicted molar refractivity (Wildman–Crippen MR) is 216 cm³/mol.